The van der Waals surface area contributed by atoms with Crippen molar-refractivity contribution in [1.29, 1.82) is 0 Å². The largest absolute Gasteiger partial charge is 0.480 e. The van der Waals surface area contributed by atoms with E-state index in [1.165, 1.54) is 14.2 Å². The van der Waals surface area contributed by atoms with Crippen LogP contribution >= 0.6 is 0 Å². The summed E-state index contributed by atoms with van der Waals surface area (Å²) < 4.78 is 14.7. The van der Waals surface area contributed by atoms with E-state index in [-0.39, 0.29) is 12.2 Å². The number of hydrogen-bond donors (Lipinski definition) is 0. The Morgan fingerprint density at radius 2 is 1.75 bits per heavy atom. The molecule has 0 unspecified atom stereocenters. The van der Waals surface area contributed by atoms with E-state index in [4.69, 9.17) is 9.47 Å². The third kappa shape index (κ3) is 2.71. The van der Waals surface area contributed by atoms with Crippen LogP contribution in [0.4, 0.5) is 0 Å². The topological polar surface area (TPSA) is 61.8 Å². The van der Waals surface area contributed by atoms with Crippen molar-refractivity contribution in [2.24, 2.45) is 0 Å². The maximum atomic E-state index is 11.8. The van der Waals surface area contributed by atoms with Crippen molar-refractivity contribution in [3.8, 4) is 5.75 Å². The molecule has 2 rings (SSSR count). The van der Waals surface area contributed by atoms with Gasteiger partial charge in [-0.25, -0.2) is 9.59 Å². The highest BCUT2D eigenvalue weighted by Crippen LogP contribution is 2.30. The second-order valence-electron chi connectivity index (χ2n) is 4.02. The molecule has 0 radical (unpaired) electrons. The Hall–Kier alpha value is -2.56. The minimum absolute atomic E-state index is 0.269. The molecule has 0 saturated heterocycles. The fourth-order valence-corrected chi connectivity index (χ4v) is 1.86. The van der Waals surface area contributed by atoms with Gasteiger partial charge >= 0.3 is 11.9 Å². The van der Waals surface area contributed by atoms with Gasteiger partial charge in [0.05, 0.1) is 14.2 Å². The lowest BCUT2D eigenvalue weighted by molar-refractivity contribution is -0.142. The molecular formula is C15H14O5. The second-order valence-corrected chi connectivity index (χ2v) is 4.02. The molecule has 0 amide bonds. The first-order chi connectivity index (χ1) is 9.67. The molecule has 0 atom stereocenters. The maximum absolute atomic E-state index is 11.8. The van der Waals surface area contributed by atoms with Crippen LogP contribution in [-0.4, -0.2) is 32.8 Å². The van der Waals surface area contributed by atoms with Crippen LogP contribution in [0, 0.1) is 0 Å². The lowest BCUT2D eigenvalue weighted by Crippen LogP contribution is -2.15. The van der Waals surface area contributed by atoms with Crippen molar-refractivity contribution in [2.75, 3.05) is 20.8 Å². The summed E-state index contributed by atoms with van der Waals surface area (Å²) >= 11 is 0. The Balaban J connectivity index is 2.49. The van der Waals surface area contributed by atoms with Gasteiger partial charge in [0, 0.05) is 5.39 Å². The van der Waals surface area contributed by atoms with Crippen molar-refractivity contribution in [3.05, 3.63) is 42.0 Å². The summed E-state index contributed by atoms with van der Waals surface area (Å²) in [4.78, 5) is 23.0. The van der Waals surface area contributed by atoms with E-state index in [1.54, 1.807) is 12.1 Å². The third-order valence-corrected chi connectivity index (χ3v) is 2.85. The van der Waals surface area contributed by atoms with Crippen molar-refractivity contribution in [3.63, 3.8) is 0 Å². The monoisotopic (exact) mass is 274 g/mol. The molecule has 0 saturated carbocycles. The van der Waals surface area contributed by atoms with Crippen LogP contribution in [0.25, 0.3) is 10.8 Å². The Bertz CT molecular complexity index is 648. The van der Waals surface area contributed by atoms with Gasteiger partial charge in [0.25, 0.3) is 0 Å². The van der Waals surface area contributed by atoms with Crippen molar-refractivity contribution < 1.29 is 23.8 Å². The SMILES string of the molecule is COC(=O)COc1c(C(=O)OC)ccc2ccccc12. The lowest BCUT2D eigenvalue weighted by atomic mass is 10.1. The Kier molecular flexibility index (Phi) is 4.20. The molecule has 0 aliphatic heterocycles. The number of esters is 2. The minimum Gasteiger partial charge on any atom is -0.480 e. The number of carbonyl (C=O) groups is 2. The predicted octanol–water partition coefficient (Wildman–Crippen LogP) is 2.18. The number of hydrogen-bond acceptors (Lipinski definition) is 5. The highest BCUT2D eigenvalue weighted by Gasteiger charge is 2.17. The van der Waals surface area contributed by atoms with E-state index < -0.39 is 11.9 Å². The van der Waals surface area contributed by atoms with Gasteiger partial charge < -0.3 is 14.2 Å². The smallest absolute Gasteiger partial charge is 0.343 e. The van der Waals surface area contributed by atoms with Gasteiger partial charge in [0.15, 0.2) is 6.61 Å². The van der Waals surface area contributed by atoms with Gasteiger partial charge in [0.1, 0.15) is 11.3 Å². The van der Waals surface area contributed by atoms with Gasteiger partial charge in [-0.1, -0.05) is 30.3 Å². The molecule has 0 bridgehead atoms. The maximum Gasteiger partial charge on any atom is 0.343 e. The number of benzene rings is 2. The summed E-state index contributed by atoms with van der Waals surface area (Å²) in [6.07, 6.45) is 0. The molecule has 5 nitrogen and oxygen atoms in total. The number of ether oxygens (including phenoxy) is 3. The Labute approximate surface area is 116 Å². The van der Waals surface area contributed by atoms with E-state index in [0.717, 1.165) is 10.8 Å². The highest BCUT2D eigenvalue weighted by atomic mass is 16.6. The third-order valence-electron chi connectivity index (χ3n) is 2.85. The van der Waals surface area contributed by atoms with Crippen LogP contribution in [0.2, 0.25) is 0 Å². The van der Waals surface area contributed by atoms with Crippen molar-refractivity contribution in [1.82, 2.24) is 0 Å². The normalized spacial score (nSPS) is 10.1. The molecule has 2 aromatic carbocycles. The zero-order valence-electron chi connectivity index (χ0n) is 11.2. The predicted molar refractivity (Wildman–Crippen MR) is 72.8 cm³/mol. The van der Waals surface area contributed by atoms with E-state index >= 15 is 0 Å². The average molecular weight is 274 g/mol. The molecule has 0 fully saturated rings. The van der Waals surface area contributed by atoms with Crippen molar-refractivity contribution in [2.45, 2.75) is 0 Å². The van der Waals surface area contributed by atoms with Crippen LogP contribution in [0.3, 0.4) is 0 Å². The molecule has 104 valence electrons. The van der Waals surface area contributed by atoms with Gasteiger partial charge in [-0.3, -0.25) is 0 Å². The summed E-state index contributed by atoms with van der Waals surface area (Å²) in [7, 11) is 2.57. The fourth-order valence-electron chi connectivity index (χ4n) is 1.86. The molecule has 0 aromatic heterocycles. The van der Waals surface area contributed by atoms with Gasteiger partial charge in [-0.05, 0) is 11.5 Å². The summed E-state index contributed by atoms with van der Waals surface area (Å²) in [5.74, 6) is -0.718. The van der Waals surface area contributed by atoms with E-state index in [0.29, 0.717) is 5.75 Å². The van der Waals surface area contributed by atoms with Crippen LogP contribution in [0.5, 0.6) is 5.75 Å². The van der Waals surface area contributed by atoms with E-state index in [1.807, 2.05) is 24.3 Å². The quantitative estimate of drug-likeness (QED) is 0.800. The lowest BCUT2D eigenvalue weighted by Gasteiger charge is -2.12. The van der Waals surface area contributed by atoms with Gasteiger partial charge in [-0.2, -0.15) is 0 Å². The average Bonchev–Trinajstić information content (AvgIpc) is 2.51. The first-order valence-electron chi connectivity index (χ1n) is 5.97. The Morgan fingerprint density at radius 1 is 1.00 bits per heavy atom. The molecular weight excluding hydrogens is 260 g/mol. The van der Waals surface area contributed by atoms with Crippen LogP contribution in [-0.2, 0) is 14.3 Å². The zero-order valence-corrected chi connectivity index (χ0v) is 11.2. The molecule has 5 heteroatoms. The van der Waals surface area contributed by atoms with Crippen LogP contribution in [0.1, 0.15) is 10.4 Å². The van der Waals surface area contributed by atoms with Crippen molar-refractivity contribution >= 4 is 22.7 Å². The molecule has 0 heterocycles. The Morgan fingerprint density at radius 3 is 2.45 bits per heavy atom. The number of rotatable bonds is 4. The fraction of sp³-hybridized carbons (Fsp3) is 0.200. The first kappa shape index (κ1) is 13.9. The standard InChI is InChI=1S/C15H14O5/c1-18-13(16)9-20-14-11-6-4-3-5-10(11)7-8-12(14)15(17)19-2/h3-8H,9H2,1-2H3. The molecule has 0 N–H and O–H groups in total. The van der Waals surface area contributed by atoms with E-state index in [9.17, 15) is 9.59 Å². The van der Waals surface area contributed by atoms with E-state index in [2.05, 4.69) is 4.74 Å². The zero-order chi connectivity index (χ0) is 14.5. The number of fused-ring (bicyclic) bond motifs is 1. The van der Waals surface area contributed by atoms with Gasteiger partial charge in [-0.15, -0.1) is 0 Å². The number of carbonyl (C=O) groups excluding carboxylic acids is 2. The summed E-state index contributed by atoms with van der Waals surface area (Å²) in [5.41, 5.74) is 0.273. The summed E-state index contributed by atoms with van der Waals surface area (Å²) in [5, 5.41) is 1.64. The van der Waals surface area contributed by atoms with Gasteiger partial charge in [0.2, 0.25) is 0 Å². The number of methoxy groups -OCH3 is 2. The molecule has 0 aliphatic rings. The minimum atomic E-state index is -0.520. The molecule has 0 aliphatic carbocycles. The first-order valence-corrected chi connectivity index (χ1v) is 5.97. The van der Waals surface area contributed by atoms with Crippen LogP contribution < -0.4 is 4.74 Å². The summed E-state index contributed by atoms with van der Waals surface area (Å²) in [6.45, 7) is -0.269. The highest BCUT2D eigenvalue weighted by molar-refractivity contribution is 6.01. The molecule has 0 spiro atoms. The molecule has 20 heavy (non-hydrogen) atoms. The summed E-state index contributed by atoms with van der Waals surface area (Å²) in [6, 6.07) is 10.8. The second kappa shape index (κ2) is 6.06. The molecule has 2 aromatic rings. The van der Waals surface area contributed by atoms with Crippen LogP contribution in [0.15, 0.2) is 36.4 Å².